The van der Waals surface area contributed by atoms with Crippen LogP contribution in [0.2, 0.25) is 0 Å². The molecule has 0 aliphatic rings. The highest BCUT2D eigenvalue weighted by molar-refractivity contribution is 5.95. The molecule has 1 aromatic rings. The number of nitrogens with two attached hydrogens (primary N) is 1. The molecule has 0 aliphatic carbocycles. The van der Waals surface area contributed by atoms with E-state index in [0.29, 0.717) is 30.3 Å². The van der Waals surface area contributed by atoms with Crippen LogP contribution in [-0.4, -0.2) is 38.4 Å². The number of anilines is 1. The highest BCUT2D eigenvalue weighted by Gasteiger charge is 2.15. The van der Waals surface area contributed by atoms with Crippen LogP contribution < -0.4 is 20.5 Å². The van der Waals surface area contributed by atoms with E-state index >= 15 is 0 Å². The Kier molecular flexibility index (Phi) is 5.95. The molecule has 4 N–H and O–H groups in total. The van der Waals surface area contributed by atoms with Crippen LogP contribution in [0, 0.1) is 0 Å². The molecular weight excluding hydrogens is 248 g/mol. The van der Waals surface area contributed by atoms with Crippen molar-refractivity contribution >= 4 is 11.7 Å². The van der Waals surface area contributed by atoms with Gasteiger partial charge in [0, 0.05) is 18.7 Å². The number of hydrogen-bond donors (Lipinski definition) is 3. The van der Waals surface area contributed by atoms with Gasteiger partial charge >= 0.3 is 5.97 Å². The maximum atomic E-state index is 11.2. The van der Waals surface area contributed by atoms with Crippen molar-refractivity contribution in [2.24, 2.45) is 5.73 Å². The molecule has 6 heteroatoms. The molecule has 0 bridgehead atoms. The quantitative estimate of drug-likeness (QED) is 0.619. The number of carbonyl (C=O) groups is 1. The first-order valence-electron chi connectivity index (χ1n) is 6.07. The smallest absolute Gasteiger partial charge is 0.337 e. The number of aromatic carboxylic acids is 1. The molecule has 1 rings (SSSR count). The van der Waals surface area contributed by atoms with E-state index in [1.165, 1.54) is 20.3 Å². The fourth-order valence-corrected chi connectivity index (χ4v) is 1.69. The lowest BCUT2D eigenvalue weighted by Crippen LogP contribution is -2.10. The third kappa shape index (κ3) is 4.03. The lowest BCUT2D eigenvalue weighted by atomic mass is 10.1. The first-order valence-corrected chi connectivity index (χ1v) is 6.07. The normalized spacial score (nSPS) is 10.1. The minimum absolute atomic E-state index is 0.158. The van der Waals surface area contributed by atoms with Crippen molar-refractivity contribution in [1.29, 1.82) is 0 Å². The molecule has 0 heterocycles. The van der Waals surface area contributed by atoms with Crippen LogP contribution in [0.25, 0.3) is 0 Å². The van der Waals surface area contributed by atoms with Crippen molar-refractivity contribution in [1.82, 2.24) is 0 Å². The number of unbranched alkanes of at least 4 members (excludes halogenated alkanes) is 1. The molecule has 0 spiro atoms. The zero-order valence-corrected chi connectivity index (χ0v) is 11.2. The van der Waals surface area contributed by atoms with E-state index in [2.05, 4.69) is 5.32 Å². The summed E-state index contributed by atoms with van der Waals surface area (Å²) in [5.41, 5.74) is 6.08. The summed E-state index contributed by atoms with van der Waals surface area (Å²) in [6.45, 7) is 1.28. The standard InChI is InChI=1S/C13H20N2O4/c1-18-11-7-9(13(16)17)10(8-12(11)19-2)15-6-4-3-5-14/h7-8,15H,3-6,14H2,1-2H3,(H,16,17). The van der Waals surface area contributed by atoms with E-state index in [1.807, 2.05) is 0 Å². The maximum Gasteiger partial charge on any atom is 0.337 e. The largest absolute Gasteiger partial charge is 0.493 e. The molecule has 0 atom stereocenters. The molecular formula is C13H20N2O4. The Morgan fingerprint density at radius 3 is 2.42 bits per heavy atom. The first kappa shape index (κ1) is 15.1. The molecule has 19 heavy (non-hydrogen) atoms. The summed E-state index contributed by atoms with van der Waals surface area (Å²) in [5.74, 6) is -0.122. The van der Waals surface area contributed by atoms with Crippen LogP contribution in [0.4, 0.5) is 5.69 Å². The van der Waals surface area contributed by atoms with Crippen LogP contribution in [0.1, 0.15) is 23.2 Å². The number of methoxy groups -OCH3 is 2. The van der Waals surface area contributed by atoms with Crippen LogP contribution in [0.5, 0.6) is 11.5 Å². The summed E-state index contributed by atoms with van der Waals surface area (Å²) in [7, 11) is 2.98. The molecule has 0 aromatic heterocycles. The Morgan fingerprint density at radius 2 is 1.89 bits per heavy atom. The van der Waals surface area contributed by atoms with Crippen LogP contribution >= 0.6 is 0 Å². The minimum Gasteiger partial charge on any atom is -0.493 e. The Morgan fingerprint density at radius 1 is 1.26 bits per heavy atom. The Labute approximate surface area is 112 Å². The number of rotatable bonds is 8. The number of benzene rings is 1. The molecule has 0 unspecified atom stereocenters. The zero-order chi connectivity index (χ0) is 14.3. The molecule has 0 saturated carbocycles. The second-order valence-electron chi connectivity index (χ2n) is 3.98. The van der Waals surface area contributed by atoms with Crippen molar-refractivity contribution in [3.8, 4) is 11.5 Å². The fourth-order valence-electron chi connectivity index (χ4n) is 1.69. The molecule has 0 amide bonds. The number of carboxylic acid groups (broad SMARTS) is 1. The van der Waals surface area contributed by atoms with Crippen LogP contribution in [-0.2, 0) is 0 Å². The molecule has 1 aromatic carbocycles. The van der Waals surface area contributed by atoms with Gasteiger partial charge in [0.15, 0.2) is 11.5 Å². The summed E-state index contributed by atoms with van der Waals surface area (Å²) in [6, 6.07) is 3.08. The van der Waals surface area contributed by atoms with Crippen molar-refractivity contribution in [2.45, 2.75) is 12.8 Å². The van der Waals surface area contributed by atoms with Gasteiger partial charge in [-0.05, 0) is 19.4 Å². The summed E-state index contributed by atoms with van der Waals surface area (Å²) in [4.78, 5) is 11.2. The Hall–Kier alpha value is -1.95. The van der Waals surface area contributed by atoms with Gasteiger partial charge in [-0.3, -0.25) is 0 Å². The van der Waals surface area contributed by atoms with Gasteiger partial charge < -0.3 is 25.6 Å². The average Bonchev–Trinajstić information content (AvgIpc) is 2.42. The van der Waals surface area contributed by atoms with E-state index in [1.54, 1.807) is 6.07 Å². The van der Waals surface area contributed by atoms with Crippen molar-refractivity contribution < 1.29 is 19.4 Å². The predicted molar refractivity (Wildman–Crippen MR) is 73.3 cm³/mol. The first-order chi connectivity index (χ1) is 9.13. The summed E-state index contributed by atoms with van der Waals surface area (Å²) in [6.07, 6.45) is 1.77. The van der Waals surface area contributed by atoms with E-state index in [4.69, 9.17) is 15.2 Å². The third-order valence-electron chi connectivity index (χ3n) is 2.70. The van der Waals surface area contributed by atoms with Gasteiger partial charge in [-0.25, -0.2) is 4.79 Å². The van der Waals surface area contributed by atoms with E-state index in [0.717, 1.165) is 12.8 Å². The maximum absolute atomic E-state index is 11.2. The Bertz CT molecular complexity index is 435. The monoisotopic (exact) mass is 268 g/mol. The van der Waals surface area contributed by atoms with Gasteiger partial charge in [0.2, 0.25) is 0 Å². The fraction of sp³-hybridized carbons (Fsp3) is 0.462. The van der Waals surface area contributed by atoms with Crippen LogP contribution in [0.3, 0.4) is 0 Å². The average molecular weight is 268 g/mol. The number of nitrogens with one attached hydrogen (secondary N) is 1. The molecule has 0 aliphatic heterocycles. The summed E-state index contributed by atoms with van der Waals surface area (Å²) in [5, 5.41) is 12.3. The van der Waals surface area contributed by atoms with E-state index < -0.39 is 5.97 Å². The second kappa shape index (κ2) is 7.48. The highest BCUT2D eigenvalue weighted by Crippen LogP contribution is 2.33. The van der Waals surface area contributed by atoms with Gasteiger partial charge in [0.1, 0.15) is 0 Å². The van der Waals surface area contributed by atoms with Crippen LogP contribution in [0.15, 0.2) is 12.1 Å². The number of ether oxygens (including phenoxy) is 2. The Balaban J connectivity index is 2.96. The van der Waals surface area contributed by atoms with Crippen molar-refractivity contribution in [2.75, 3.05) is 32.6 Å². The molecule has 0 radical (unpaired) electrons. The molecule has 0 saturated heterocycles. The van der Waals surface area contributed by atoms with E-state index in [-0.39, 0.29) is 5.56 Å². The topological polar surface area (TPSA) is 93.8 Å². The highest BCUT2D eigenvalue weighted by atomic mass is 16.5. The minimum atomic E-state index is -1.01. The van der Waals surface area contributed by atoms with Gasteiger partial charge in [0.05, 0.1) is 25.5 Å². The zero-order valence-electron chi connectivity index (χ0n) is 11.2. The van der Waals surface area contributed by atoms with Crippen molar-refractivity contribution in [3.05, 3.63) is 17.7 Å². The lowest BCUT2D eigenvalue weighted by Gasteiger charge is -2.14. The predicted octanol–water partition coefficient (Wildman–Crippen LogP) is 1.55. The number of hydrogen-bond acceptors (Lipinski definition) is 5. The molecule has 6 nitrogen and oxygen atoms in total. The number of carboxylic acids is 1. The molecule has 0 fully saturated rings. The van der Waals surface area contributed by atoms with Crippen molar-refractivity contribution in [3.63, 3.8) is 0 Å². The second-order valence-corrected chi connectivity index (χ2v) is 3.98. The van der Waals surface area contributed by atoms with Gasteiger partial charge in [-0.2, -0.15) is 0 Å². The van der Waals surface area contributed by atoms with Gasteiger partial charge in [0.25, 0.3) is 0 Å². The summed E-state index contributed by atoms with van der Waals surface area (Å²) < 4.78 is 10.3. The SMILES string of the molecule is COc1cc(NCCCCN)c(C(=O)O)cc1OC. The van der Waals surface area contributed by atoms with Gasteiger partial charge in [-0.1, -0.05) is 0 Å². The molecule has 106 valence electrons. The lowest BCUT2D eigenvalue weighted by molar-refractivity contribution is 0.0697. The van der Waals surface area contributed by atoms with Gasteiger partial charge in [-0.15, -0.1) is 0 Å². The van der Waals surface area contributed by atoms with E-state index in [9.17, 15) is 9.90 Å². The summed E-state index contributed by atoms with van der Waals surface area (Å²) >= 11 is 0. The third-order valence-corrected chi connectivity index (χ3v) is 2.70.